The fourth-order valence-corrected chi connectivity index (χ4v) is 3.25. The molecular formula is C19H26N2O2. The van der Waals surface area contributed by atoms with Gasteiger partial charge in [-0.15, -0.1) is 5.06 Å². The molecule has 0 amide bonds. The fourth-order valence-electron chi connectivity index (χ4n) is 3.25. The average Bonchev–Trinajstić information content (AvgIpc) is 3.14. The predicted molar refractivity (Wildman–Crippen MR) is 92.4 cm³/mol. The molecule has 124 valence electrons. The van der Waals surface area contributed by atoms with Crippen LogP contribution in [0.2, 0.25) is 0 Å². The van der Waals surface area contributed by atoms with Crippen molar-refractivity contribution in [1.29, 1.82) is 0 Å². The van der Waals surface area contributed by atoms with E-state index < -0.39 is 0 Å². The zero-order valence-electron chi connectivity index (χ0n) is 14.0. The van der Waals surface area contributed by atoms with E-state index in [-0.39, 0.29) is 6.04 Å². The number of nitrogens with zero attached hydrogens (tertiary/aromatic N) is 1. The van der Waals surface area contributed by atoms with E-state index in [1.807, 2.05) is 35.6 Å². The topological polar surface area (TPSA) is 51.6 Å². The van der Waals surface area contributed by atoms with E-state index in [4.69, 9.17) is 15.0 Å². The van der Waals surface area contributed by atoms with Crippen molar-refractivity contribution < 1.29 is 9.25 Å². The third kappa shape index (κ3) is 3.37. The number of furan rings is 1. The van der Waals surface area contributed by atoms with Gasteiger partial charge >= 0.3 is 0 Å². The summed E-state index contributed by atoms with van der Waals surface area (Å²) >= 11 is 0. The van der Waals surface area contributed by atoms with E-state index in [9.17, 15) is 0 Å². The largest absolute Gasteiger partial charge is 0.464 e. The molecule has 1 aliphatic rings. The monoisotopic (exact) mass is 314 g/mol. The molecule has 2 aromatic rings. The van der Waals surface area contributed by atoms with E-state index in [0.29, 0.717) is 11.9 Å². The number of hydroxylamine groups is 2. The summed E-state index contributed by atoms with van der Waals surface area (Å²) in [5, 5.41) is 3.13. The van der Waals surface area contributed by atoms with E-state index in [1.54, 1.807) is 0 Å². The van der Waals surface area contributed by atoms with Crippen LogP contribution in [-0.4, -0.2) is 11.1 Å². The zero-order valence-corrected chi connectivity index (χ0v) is 14.0. The van der Waals surface area contributed by atoms with Crippen molar-refractivity contribution in [2.24, 2.45) is 5.73 Å². The third-order valence-corrected chi connectivity index (χ3v) is 4.55. The maximum Gasteiger partial charge on any atom is 0.207 e. The molecule has 2 N–H and O–H groups in total. The van der Waals surface area contributed by atoms with Gasteiger partial charge in [0.15, 0.2) is 0 Å². The molecule has 0 fully saturated rings. The molecule has 23 heavy (non-hydrogen) atoms. The number of unbranched alkanes of at least 4 members (excludes halogenated alkanes) is 3. The molecule has 0 radical (unpaired) electrons. The molecule has 0 aliphatic carbocycles. The Bertz CT molecular complexity index is 677. The Morgan fingerprint density at radius 2 is 2.04 bits per heavy atom. The van der Waals surface area contributed by atoms with Crippen LogP contribution in [0.5, 0.6) is 0 Å². The van der Waals surface area contributed by atoms with Crippen molar-refractivity contribution in [3.05, 3.63) is 48.1 Å². The number of rotatable bonds is 7. The third-order valence-electron chi connectivity index (χ3n) is 4.55. The summed E-state index contributed by atoms with van der Waals surface area (Å²) in [5.74, 6) is 0.473. The lowest BCUT2D eigenvalue weighted by Gasteiger charge is -2.28. The molecule has 1 aromatic heterocycles. The Kier molecular flexibility index (Phi) is 4.91. The lowest BCUT2D eigenvalue weighted by molar-refractivity contribution is -0.149. The van der Waals surface area contributed by atoms with Crippen LogP contribution in [0.15, 0.2) is 46.9 Å². The first-order valence-electron chi connectivity index (χ1n) is 8.60. The first-order valence-corrected chi connectivity index (χ1v) is 8.60. The van der Waals surface area contributed by atoms with Crippen molar-refractivity contribution in [3.8, 4) is 0 Å². The molecule has 4 nitrogen and oxygen atoms in total. The van der Waals surface area contributed by atoms with Crippen LogP contribution in [0.25, 0.3) is 11.0 Å². The Hall–Kier alpha value is -1.94. The molecular weight excluding hydrogens is 288 g/mol. The lowest BCUT2D eigenvalue weighted by atomic mass is 10.0. The van der Waals surface area contributed by atoms with Crippen LogP contribution in [0, 0.1) is 0 Å². The Morgan fingerprint density at radius 3 is 2.87 bits per heavy atom. The molecule has 2 atom stereocenters. The quantitative estimate of drug-likeness (QED) is 0.740. The highest BCUT2D eigenvalue weighted by molar-refractivity contribution is 5.81. The molecule has 0 saturated carbocycles. The van der Waals surface area contributed by atoms with Gasteiger partial charge in [-0.2, -0.15) is 0 Å². The molecule has 2 unspecified atom stereocenters. The minimum Gasteiger partial charge on any atom is -0.464 e. The van der Waals surface area contributed by atoms with Crippen LogP contribution in [0.4, 0.5) is 0 Å². The minimum absolute atomic E-state index is 0.0137. The van der Waals surface area contributed by atoms with Gasteiger partial charge in [0.1, 0.15) is 5.58 Å². The van der Waals surface area contributed by atoms with Crippen molar-refractivity contribution >= 4 is 11.0 Å². The summed E-state index contributed by atoms with van der Waals surface area (Å²) in [4.78, 5) is 5.80. The van der Waals surface area contributed by atoms with Crippen LogP contribution in [-0.2, 0) is 4.84 Å². The smallest absolute Gasteiger partial charge is 0.207 e. The molecule has 1 aliphatic heterocycles. The lowest BCUT2D eigenvalue weighted by Crippen LogP contribution is -2.32. The normalized spacial score (nSPS) is 19.7. The molecule has 4 heteroatoms. The molecule has 1 aromatic carbocycles. The molecule has 3 rings (SSSR count). The first-order chi connectivity index (χ1) is 11.2. The number of benzene rings is 1. The minimum atomic E-state index is 0.0137. The van der Waals surface area contributed by atoms with Gasteiger partial charge in [0.05, 0.1) is 12.3 Å². The summed E-state index contributed by atoms with van der Waals surface area (Å²) in [6, 6.07) is 8.41. The summed E-state index contributed by atoms with van der Waals surface area (Å²) in [7, 11) is 0. The number of para-hydroxylation sites is 1. The van der Waals surface area contributed by atoms with Crippen LogP contribution >= 0.6 is 0 Å². The maximum absolute atomic E-state index is 5.95. The molecule has 0 bridgehead atoms. The number of fused-ring (bicyclic) bond motifs is 1. The Morgan fingerprint density at radius 1 is 1.22 bits per heavy atom. The Balaban J connectivity index is 1.76. The van der Waals surface area contributed by atoms with Crippen molar-refractivity contribution in [1.82, 2.24) is 5.06 Å². The average molecular weight is 314 g/mol. The van der Waals surface area contributed by atoms with Crippen molar-refractivity contribution in [2.75, 3.05) is 0 Å². The molecule has 2 heterocycles. The van der Waals surface area contributed by atoms with Gasteiger partial charge in [0.2, 0.25) is 5.88 Å². The zero-order chi connectivity index (χ0) is 16.2. The second-order valence-electron chi connectivity index (χ2n) is 6.35. The van der Waals surface area contributed by atoms with Gasteiger partial charge in [0.25, 0.3) is 0 Å². The summed E-state index contributed by atoms with van der Waals surface area (Å²) < 4.78 is 5.69. The first kappa shape index (κ1) is 15.9. The Labute approximate surface area is 137 Å². The number of hydrogen-bond acceptors (Lipinski definition) is 4. The fraction of sp³-hybridized carbons (Fsp3) is 0.474. The van der Waals surface area contributed by atoms with Gasteiger partial charge in [-0.25, -0.2) is 0 Å². The highest BCUT2D eigenvalue weighted by Crippen LogP contribution is 2.37. The summed E-state index contributed by atoms with van der Waals surface area (Å²) in [6.07, 6.45) is 9.94. The standard InChI is InChI=1S/C19H26N2O2/c1-3-4-5-6-9-14(2)21-17(12-19(20)23-21)16-13-22-18-11-8-7-10-15(16)18/h7-8,10-14,17H,3-6,9,20H2,1-2H3. The SMILES string of the molecule is CCCCCCC(C)N1OC(N)=CC1c1coc2ccccc12. The van der Waals surface area contributed by atoms with Gasteiger partial charge in [-0.05, 0) is 19.4 Å². The second kappa shape index (κ2) is 7.09. The highest BCUT2D eigenvalue weighted by Gasteiger charge is 2.33. The number of nitrogens with two attached hydrogens (primary N) is 1. The maximum atomic E-state index is 5.95. The van der Waals surface area contributed by atoms with Crippen molar-refractivity contribution in [2.45, 2.75) is 58.0 Å². The van der Waals surface area contributed by atoms with Gasteiger partial charge in [-0.1, -0.05) is 50.8 Å². The van der Waals surface area contributed by atoms with Gasteiger partial charge < -0.3 is 15.0 Å². The van der Waals surface area contributed by atoms with E-state index >= 15 is 0 Å². The van der Waals surface area contributed by atoms with Crippen LogP contribution in [0.3, 0.4) is 0 Å². The van der Waals surface area contributed by atoms with E-state index in [1.165, 1.54) is 25.7 Å². The van der Waals surface area contributed by atoms with Gasteiger partial charge in [-0.3, -0.25) is 0 Å². The van der Waals surface area contributed by atoms with Crippen LogP contribution < -0.4 is 5.73 Å². The van der Waals surface area contributed by atoms with Crippen molar-refractivity contribution in [3.63, 3.8) is 0 Å². The molecule has 0 spiro atoms. The number of hydrogen-bond donors (Lipinski definition) is 1. The van der Waals surface area contributed by atoms with Gasteiger partial charge in [0, 0.05) is 23.1 Å². The van der Waals surface area contributed by atoms with Crippen LogP contribution in [0.1, 0.15) is 57.6 Å². The molecule has 0 saturated heterocycles. The van der Waals surface area contributed by atoms with E-state index in [2.05, 4.69) is 19.9 Å². The summed E-state index contributed by atoms with van der Waals surface area (Å²) in [6.45, 7) is 4.44. The van der Waals surface area contributed by atoms with E-state index in [0.717, 1.165) is 23.0 Å². The predicted octanol–water partition coefficient (Wildman–Crippen LogP) is 4.88. The summed E-state index contributed by atoms with van der Waals surface area (Å²) in [5.41, 5.74) is 7.96. The second-order valence-corrected chi connectivity index (χ2v) is 6.35. The highest BCUT2D eigenvalue weighted by atomic mass is 16.7.